The molecule has 0 aliphatic heterocycles. The summed E-state index contributed by atoms with van der Waals surface area (Å²) in [7, 11) is 1.73. The number of carbonyl (C=O) groups is 2. The number of primary amides is 1. The molecule has 10 heteroatoms. The number of aromatic nitrogens is 3. The highest BCUT2D eigenvalue weighted by molar-refractivity contribution is 6.34. The monoisotopic (exact) mass is 479 g/mol. The lowest BCUT2D eigenvalue weighted by molar-refractivity contribution is 0.0993. The number of nitrogens with two attached hydrogens (primary N) is 1. The first kappa shape index (κ1) is 23.1. The molecule has 1 aromatic carbocycles. The van der Waals surface area contributed by atoms with Gasteiger partial charge >= 0.3 is 0 Å². The van der Waals surface area contributed by atoms with Crippen molar-refractivity contribution in [1.29, 1.82) is 0 Å². The lowest BCUT2D eigenvalue weighted by atomic mass is 10.1. The number of hydrogen-bond acceptors (Lipinski definition) is 5. The third-order valence-corrected chi connectivity index (χ3v) is 5.72. The van der Waals surface area contributed by atoms with Gasteiger partial charge in [-0.15, -0.1) is 0 Å². The highest BCUT2D eigenvalue weighted by atomic mass is 35.5. The van der Waals surface area contributed by atoms with Gasteiger partial charge in [0.15, 0.2) is 0 Å². The van der Waals surface area contributed by atoms with Gasteiger partial charge in [0, 0.05) is 25.4 Å². The predicted octanol–water partition coefficient (Wildman–Crippen LogP) is 3.88. The Morgan fingerprint density at radius 3 is 2.62 bits per heavy atom. The van der Waals surface area contributed by atoms with E-state index in [1.807, 2.05) is 18.2 Å². The van der Waals surface area contributed by atoms with E-state index in [2.05, 4.69) is 10.3 Å². The quantitative estimate of drug-likeness (QED) is 0.555. The minimum Gasteiger partial charge on any atom is -0.457 e. The topological polar surface area (TPSA) is 121 Å². The fourth-order valence-electron chi connectivity index (χ4n) is 3.61. The summed E-state index contributed by atoms with van der Waals surface area (Å²) in [5, 5.41) is 2.92. The fraction of sp³-hybridized carbons (Fsp3) is 0.167. The molecule has 174 valence electrons. The van der Waals surface area contributed by atoms with Gasteiger partial charge < -0.3 is 15.8 Å². The maximum Gasteiger partial charge on any atom is 0.284 e. The standard InChI is InChI=1S/C24H22ClN5O4/c1-14-21(24(33)30(29(14)2)15-6-4-3-5-7-15)23(32)28-19-9-8-16(12-18(19)25)34-17-10-11-27-20(13-17)22(26)31/h4,6-13H,3,5H2,1-2H3,(H2,26,31)(H,28,32). The molecule has 0 bridgehead atoms. The highest BCUT2D eigenvalue weighted by Gasteiger charge is 2.23. The van der Waals surface area contributed by atoms with Crippen LogP contribution in [0.1, 0.15) is 39.4 Å². The first-order valence-electron chi connectivity index (χ1n) is 10.5. The third kappa shape index (κ3) is 4.51. The second-order valence-electron chi connectivity index (χ2n) is 7.65. The first-order valence-corrected chi connectivity index (χ1v) is 10.8. The van der Waals surface area contributed by atoms with Crippen LogP contribution < -0.4 is 21.3 Å². The van der Waals surface area contributed by atoms with E-state index in [9.17, 15) is 14.4 Å². The molecule has 1 aliphatic carbocycles. The number of amides is 2. The van der Waals surface area contributed by atoms with Gasteiger partial charge in [0.05, 0.1) is 22.1 Å². The van der Waals surface area contributed by atoms with Crippen LogP contribution in [0.15, 0.2) is 59.6 Å². The van der Waals surface area contributed by atoms with Crippen molar-refractivity contribution in [3.05, 3.63) is 87.1 Å². The number of anilines is 1. The van der Waals surface area contributed by atoms with Crippen LogP contribution in [-0.4, -0.2) is 26.2 Å². The van der Waals surface area contributed by atoms with Gasteiger partial charge in [-0.05, 0) is 44.0 Å². The molecule has 0 fully saturated rings. The number of nitrogens with one attached hydrogen (secondary N) is 1. The largest absolute Gasteiger partial charge is 0.457 e. The summed E-state index contributed by atoms with van der Waals surface area (Å²) in [4.78, 5) is 41.2. The average molecular weight is 480 g/mol. The zero-order chi connectivity index (χ0) is 24.4. The smallest absolute Gasteiger partial charge is 0.284 e. The second kappa shape index (κ2) is 9.40. The van der Waals surface area contributed by atoms with E-state index in [1.165, 1.54) is 23.0 Å². The highest BCUT2D eigenvalue weighted by Crippen LogP contribution is 2.30. The van der Waals surface area contributed by atoms with Crippen LogP contribution >= 0.6 is 11.6 Å². The number of allylic oxidation sites excluding steroid dienone is 4. The molecule has 2 heterocycles. The van der Waals surface area contributed by atoms with E-state index >= 15 is 0 Å². The van der Waals surface area contributed by atoms with Crippen molar-refractivity contribution in [3.8, 4) is 11.5 Å². The Hall–Kier alpha value is -4.11. The number of carbonyl (C=O) groups excluding carboxylic acids is 2. The van der Waals surface area contributed by atoms with E-state index in [0.29, 0.717) is 22.9 Å². The van der Waals surface area contributed by atoms with Gasteiger partial charge in [0.1, 0.15) is 22.8 Å². The Labute approximate surface area is 200 Å². The van der Waals surface area contributed by atoms with E-state index in [0.717, 1.165) is 18.5 Å². The molecule has 0 unspecified atom stereocenters. The van der Waals surface area contributed by atoms with E-state index in [-0.39, 0.29) is 16.3 Å². The Morgan fingerprint density at radius 2 is 1.94 bits per heavy atom. The normalized spacial score (nSPS) is 12.9. The van der Waals surface area contributed by atoms with Crippen LogP contribution in [0.25, 0.3) is 5.70 Å². The molecule has 1 aliphatic rings. The molecule has 4 rings (SSSR count). The lowest BCUT2D eigenvalue weighted by Crippen LogP contribution is -2.26. The van der Waals surface area contributed by atoms with Crippen molar-refractivity contribution in [2.75, 3.05) is 5.32 Å². The summed E-state index contributed by atoms with van der Waals surface area (Å²) in [5.74, 6) is -0.511. The maximum absolute atomic E-state index is 13.1. The molecule has 34 heavy (non-hydrogen) atoms. The van der Waals surface area contributed by atoms with Gasteiger partial charge in [0.25, 0.3) is 17.4 Å². The van der Waals surface area contributed by atoms with Crippen molar-refractivity contribution in [1.82, 2.24) is 14.3 Å². The molecule has 0 saturated carbocycles. The number of ether oxygens (including phenoxy) is 1. The molecule has 9 nitrogen and oxygen atoms in total. The van der Waals surface area contributed by atoms with Crippen LogP contribution in [0, 0.1) is 6.92 Å². The molecule has 0 spiro atoms. The minimum absolute atomic E-state index is 0.0366. The molecule has 2 aromatic heterocycles. The van der Waals surface area contributed by atoms with Crippen LogP contribution in [0.4, 0.5) is 5.69 Å². The molecular weight excluding hydrogens is 458 g/mol. The fourth-order valence-corrected chi connectivity index (χ4v) is 3.83. The summed E-state index contributed by atoms with van der Waals surface area (Å²) in [6, 6.07) is 7.65. The number of halogens is 1. The van der Waals surface area contributed by atoms with Crippen molar-refractivity contribution in [2.24, 2.45) is 12.8 Å². The number of pyridine rings is 1. The van der Waals surface area contributed by atoms with Crippen molar-refractivity contribution in [2.45, 2.75) is 19.8 Å². The van der Waals surface area contributed by atoms with Gasteiger partial charge in [-0.3, -0.25) is 24.0 Å². The maximum atomic E-state index is 13.1. The van der Waals surface area contributed by atoms with Gasteiger partial charge in [-0.2, -0.15) is 0 Å². The Bertz CT molecular complexity index is 1420. The molecule has 3 N–H and O–H groups in total. The van der Waals surface area contributed by atoms with Crippen LogP contribution in [0.3, 0.4) is 0 Å². The van der Waals surface area contributed by atoms with E-state index in [1.54, 1.807) is 36.9 Å². The van der Waals surface area contributed by atoms with Crippen molar-refractivity contribution < 1.29 is 14.3 Å². The van der Waals surface area contributed by atoms with E-state index in [4.69, 9.17) is 22.1 Å². The molecular formula is C24H22ClN5O4. The zero-order valence-corrected chi connectivity index (χ0v) is 19.3. The van der Waals surface area contributed by atoms with Gasteiger partial charge in [-0.1, -0.05) is 23.8 Å². The predicted molar refractivity (Wildman–Crippen MR) is 129 cm³/mol. The molecule has 3 aromatic rings. The molecule has 2 amide bonds. The molecule has 0 saturated heterocycles. The SMILES string of the molecule is Cc1c(C(=O)Nc2ccc(Oc3ccnc(C(N)=O)c3)cc2Cl)c(=O)n(C2=CCCC=C2)n1C. The average Bonchev–Trinajstić information content (AvgIpc) is 3.04. The lowest BCUT2D eigenvalue weighted by Gasteiger charge is -2.11. The Balaban J connectivity index is 1.56. The molecule has 0 atom stereocenters. The molecule has 0 radical (unpaired) electrons. The Morgan fingerprint density at radius 1 is 1.18 bits per heavy atom. The van der Waals surface area contributed by atoms with Crippen LogP contribution in [-0.2, 0) is 7.05 Å². The van der Waals surface area contributed by atoms with Crippen LogP contribution in [0.5, 0.6) is 11.5 Å². The summed E-state index contributed by atoms with van der Waals surface area (Å²) in [6.07, 6.45) is 8.98. The number of nitrogens with zero attached hydrogens (tertiary/aromatic N) is 3. The number of benzene rings is 1. The summed E-state index contributed by atoms with van der Waals surface area (Å²) in [5.41, 5.74) is 6.51. The summed E-state index contributed by atoms with van der Waals surface area (Å²) >= 11 is 6.36. The van der Waals surface area contributed by atoms with E-state index < -0.39 is 17.4 Å². The number of hydrogen-bond donors (Lipinski definition) is 2. The van der Waals surface area contributed by atoms with Gasteiger partial charge in [0.2, 0.25) is 0 Å². The summed E-state index contributed by atoms with van der Waals surface area (Å²) in [6.45, 7) is 1.72. The Kier molecular flexibility index (Phi) is 6.38. The van der Waals surface area contributed by atoms with Crippen molar-refractivity contribution in [3.63, 3.8) is 0 Å². The third-order valence-electron chi connectivity index (χ3n) is 5.41. The van der Waals surface area contributed by atoms with Gasteiger partial charge in [-0.25, -0.2) is 4.68 Å². The minimum atomic E-state index is -0.674. The first-order chi connectivity index (χ1) is 16.3. The zero-order valence-electron chi connectivity index (χ0n) is 18.5. The van der Waals surface area contributed by atoms with Crippen LogP contribution in [0.2, 0.25) is 5.02 Å². The second-order valence-corrected chi connectivity index (χ2v) is 8.06. The summed E-state index contributed by atoms with van der Waals surface area (Å²) < 4.78 is 8.84. The van der Waals surface area contributed by atoms with Crippen molar-refractivity contribution >= 4 is 34.8 Å². The number of rotatable bonds is 6.